The van der Waals surface area contributed by atoms with E-state index in [1.807, 2.05) is 20.8 Å². The number of amides is 2. The average molecular weight is 342 g/mol. The Morgan fingerprint density at radius 2 is 1.28 bits per heavy atom. The van der Waals surface area contributed by atoms with Crippen LogP contribution in [0.1, 0.15) is 41.5 Å². The lowest BCUT2D eigenvalue weighted by Gasteiger charge is -2.11. The molecule has 132 valence electrons. The molecule has 2 aromatic rings. The second-order valence-electron chi connectivity index (χ2n) is 5.56. The van der Waals surface area contributed by atoms with E-state index in [4.69, 9.17) is 9.47 Å². The van der Waals surface area contributed by atoms with Gasteiger partial charge in [-0.05, 0) is 69.3 Å². The summed E-state index contributed by atoms with van der Waals surface area (Å²) in [5.74, 6) is 0.559. The van der Waals surface area contributed by atoms with Gasteiger partial charge >= 0.3 is 0 Å². The van der Waals surface area contributed by atoms with E-state index in [1.54, 1.807) is 48.5 Å². The fraction of sp³-hybridized carbons (Fsp3) is 0.263. The third kappa shape index (κ3) is 5.53. The van der Waals surface area contributed by atoms with Crippen molar-refractivity contribution in [1.29, 1.82) is 0 Å². The van der Waals surface area contributed by atoms with E-state index in [0.717, 1.165) is 0 Å². The van der Waals surface area contributed by atoms with Gasteiger partial charge in [0.25, 0.3) is 11.8 Å². The fourth-order valence-electron chi connectivity index (χ4n) is 2.08. The molecule has 0 aliphatic rings. The molecule has 0 aliphatic carbocycles. The van der Waals surface area contributed by atoms with E-state index in [1.165, 1.54) is 0 Å². The van der Waals surface area contributed by atoms with Gasteiger partial charge in [-0.1, -0.05) is 0 Å². The number of carbonyl (C=O) groups excluding carboxylic acids is 2. The highest BCUT2D eigenvalue weighted by Crippen LogP contribution is 2.14. The molecule has 2 amide bonds. The topological polar surface area (TPSA) is 76.7 Å². The van der Waals surface area contributed by atoms with Crippen LogP contribution in [-0.2, 0) is 0 Å². The Balaban J connectivity index is 1.89. The fourth-order valence-corrected chi connectivity index (χ4v) is 2.08. The summed E-state index contributed by atoms with van der Waals surface area (Å²) in [5.41, 5.74) is 5.61. The first-order valence-corrected chi connectivity index (χ1v) is 8.10. The first-order chi connectivity index (χ1) is 12.0. The third-order valence-corrected chi connectivity index (χ3v) is 3.21. The Morgan fingerprint density at radius 3 is 1.68 bits per heavy atom. The molecule has 2 rings (SSSR count). The minimum atomic E-state index is -0.407. The van der Waals surface area contributed by atoms with E-state index >= 15 is 0 Å². The zero-order chi connectivity index (χ0) is 18.2. The summed E-state index contributed by atoms with van der Waals surface area (Å²) in [6.45, 7) is 6.30. The summed E-state index contributed by atoms with van der Waals surface area (Å²) in [6.07, 6.45) is 0.0630. The molecular weight excluding hydrogens is 320 g/mol. The number of hydrogen-bond donors (Lipinski definition) is 2. The Labute approximate surface area is 147 Å². The van der Waals surface area contributed by atoms with Gasteiger partial charge in [0.05, 0.1) is 12.7 Å². The smallest absolute Gasteiger partial charge is 0.269 e. The lowest BCUT2D eigenvalue weighted by atomic mass is 10.2. The van der Waals surface area contributed by atoms with Crippen LogP contribution < -0.4 is 20.3 Å². The Morgan fingerprint density at radius 1 is 0.840 bits per heavy atom. The zero-order valence-corrected chi connectivity index (χ0v) is 14.5. The van der Waals surface area contributed by atoms with Gasteiger partial charge in [-0.25, -0.2) is 0 Å². The molecule has 6 nitrogen and oxygen atoms in total. The average Bonchev–Trinajstić information content (AvgIpc) is 2.60. The number of hydrogen-bond acceptors (Lipinski definition) is 4. The van der Waals surface area contributed by atoms with Crippen LogP contribution in [0.4, 0.5) is 0 Å². The van der Waals surface area contributed by atoms with E-state index in [0.29, 0.717) is 29.2 Å². The highest BCUT2D eigenvalue weighted by molar-refractivity contribution is 5.99. The minimum absolute atomic E-state index is 0.0630. The predicted octanol–water partition coefficient (Wildman–Crippen LogP) is 2.95. The molecule has 0 saturated heterocycles. The first kappa shape index (κ1) is 18.3. The molecule has 0 bridgehead atoms. The van der Waals surface area contributed by atoms with Gasteiger partial charge in [-0.15, -0.1) is 0 Å². The minimum Gasteiger partial charge on any atom is -0.494 e. The molecule has 0 saturated carbocycles. The molecule has 6 heteroatoms. The van der Waals surface area contributed by atoms with Gasteiger partial charge in [0.15, 0.2) is 0 Å². The van der Waals surface area contributed by atoms with Crippen molar-refractivity contribution in [1.82, 2.24) is 10.9 Å². The summed E-state index contributed by atoms with van der Waals surface area (Å²) in [7, 11) is 0. The highest BCUT2D eigenvalue weighted by atomic mass is 16.5. The van der Waals surface area contributed by atoms with Crippen LogP contribution in [-0.4, -0.2) is 24.5 Å². The second kappa shape index (κ2) is 8.73. The van der Waals surface area contributed by atoms with Gasteiger partial charge in [-0.2, -0.15) is 0 Å². The summed E-state index contributed by atoms with van der Waals surface area (Å²) < 4.78 is 10.8. The Hall–Kier alpha value is -3.02. The van der Waals surface area contributed by atoms with E-state index < -0.39 is 11.8 Å². The Bertz CT molecular complexity index is 709. The van der Waals surface area contributed by atoms with Crippen LogP contribution in [0.25, 0.3) is 0 Å². The standard InChI is InChI=1S/C19H22N2O4/c1-4-24-16-9-5-14(6-10-16)18(22)20-21-19(23)15-7-11-17(12-8-15)25-13(2)3/h5-13H,4H2,1-3H3,(H,20,22)(H,21,23). The molecule has 0 aromatic heterocycles. The van der Waals surface area contributed by atoms with E-state index in [9.17, 15) is 9.59 Å². The van der Waals surface area contributed by atoms with Crippen LogP contribution in [0.15, 0.2) is 48.5 Å². The molecule has 0 spiro atoms. The third-order valence-electron chi connectivity index (χ3n) is 3.21. The molecule has 2 aromatic carbocycles. The van der Waals surface area contributed by atoms with Gasteiger partial charge in [0.2, 0.25) is 0 Å². The molecular formula is C19H22N2O4. The number of rotatable bonds is 6. The highest BCUT2D eigenvalue weighted by Gasteiger charge is 2.09. The van der Waals surface area contributed by atoms with Gasteiger partial charge in [0, 0.05) is 11.1 Å². The van der Waals surface area contributed by atoms with Crippen molar-refractivity contribution >= 4 is 11.8 Å². The lowest BCUT2D eigenvalue weighted by molar-refractivity contribution is 0.0846. The maximum atomic E-state index is 12.1. The monoisotopic (exact) mass is 342 g/mol. The maximum Gasteiger partial charge on any atom is 0.269 e. The summed E-state index contributed by atoms with van der Waals surface area (Å²) in [5, 5.41) is 0. The van der Waals surface area contributed by atoms with Gasteiger partial charge in [0.1, 0.15) is 11.5 Å². The summed E-state index contributed by atoms with van der Waals surface area (Å²) in [4.78, 5) is 24.1. The SMILES string of the molecule is CCOc1ccc(C(=O)NNC(=O)c2ccc(OC(C)C)cc2)cc1. The molecule has 0 radical (unpaired) electrons. The van der Waals surface area contributed by atoms with Gasteiger partial charge < -0.3 is 9.47 Å². The number of ether oxygens (including phenoxy) is 2. The van der Waals surface area contributed by atoms with E-state index in [-0.39, 0.29) is 6.10 Å². The van der Waals surface area contributed by atoms with Crippen molar-refractivity contribution in [3.63, 3.8) is 0 Å². The van der Waals surface area contributed by atoms with Crippen LogP contribution in [0.3, 0.4) is 0 Å². The number of carbonyl (C=O) groups is 2. The first-order valence-electron chi connectivity index (χ1n) is 8.10. The maximum absolute atomic E-state index is 12.1. The van der Waals surface area contributed by atoms with Crippen LogP contribution in [0.2, 0.25) is 0 Å². The number of nitrogens with one attached hydrogen (secondary N) is 2. The van der Waals surface area contributed by atoms with Crippen LogP contribution in [0.5, 0.6) is 11.5 Å². The van der Waals surface area contributed by atoms with Crippen molar-refractivity contribution in [2.24, 2.45) is 0 Å². The van der Waals surface area contributed by atoms with Crippen molar-refractivity contribution in [2.45, 2.75) is 26.9 Å². The molecule has 0 heterocycles. The molecule has 2 N–H and O–H groups in total. The molecule has 0 atom stereocenters. The lowest BCUT2D eigenvalue weighted by Crippen LogP contribution is -2.41. The van der Waals surface area contributed by atoms with Crippen molar-refractivity contribution in [2.75, 3.05) is 6.61 Å². The van der Waals surface area contributed by atoms with Crippen LogP contribution in [0, 0.1) is 0 Å². The van der Waals surface area contributed by atoms with Crippen LogP contribution >= 0.6 is 0 Å². The van der Waals surface area contributed by atoms with Crippen molar-refractivity contribution in [3.8, 4) is 11.5 Å². The largest absolute Gasteiger partial charge is 0.494 e. The van der Waals surface area contributed by atoms with E-state index in [2.05, 4.69) is 10.9 Å². The second-order valence-corrected chi connectivity index (χ2v) is 5.56. The Kier molecular flexibility index (Phi) is 6.39. The normalized spacial score (nSPS) is 10.2. The molecule has 0 aliphatic heterocycles. The number of benzene rings is 2. The molecule has 0 unspecified atom stereocenters. The van der Waals surface area contributed by atoms with Gasteiger partial charge in [-0.3, -0.25) is 20.4 Å². The van der Waals surface area contributed by atoms with Crippen molar-refractivity contribution in [3.05, 3.63) is 59.7 Å². The molecule has 25 heavy (non-hydrogen) atoms. The zero-order valence-electron chi connectivity index (χ0n) is 14.5. The number of hydrazine groups is 1. The molecule has 0 fully saturated rings. The summed E-state index contributed by atoms with van der Waals surface area (Å²) in [6, 6.07) is 13.4. The predicted molar refractivity (Wildman–Crippen MR) is 94.7 cm³/mol. The van der Waals surface area contributed by atoms with Crippen molar-refractivity contribution < 1.29 is 19.1 Å². The quantitative estimate of drug-likeness (QED) is 0.791. The summed E-state index contributed by atoms with van der Waals surface area (Å²) >= 11 is 0.